The van der Waals surface area contributed by atoms with Crippen molar-refractivity contribution < 1.29 is 14.2 Å². The van der Waals surface area contributed by atoms with Crippen LogP contribution in [0.15, 0.2) is 12.1 Å². The van der Waals surface area contributed by atoms with Gasteiger partial charge in [-0.05, 0) is 50.4 Å². The zero-order valence-corrected chi connectivity index (χ0v) is 12.3. The van der Waals surface area contributed by atoms with Gasteiger partial charge >= 0.3 is 0 Å². The molecule has 20 heavy (non-hydrogen) atoms. The van der Waals surface area contributed by atoms with E-state index in [1.165, 1.54) is 0 Å². The van der Waals surface area contributed by atoms with Crippen LogP contribution in [0.2, 0.25) is 0 Å². The molecule has 0 aliphatic carbocycles. The SMILES string of the molecule is Cc1cc(C2(O)CC3COCC(C2)N3C)cc(C)c1F. The van der Waals surface area contributed by atoms with Gasteiger partial charge in [-0.1, -0.05) is 12.1 Å². The third-order valence-electron chi connectivity index (χ3n) is 4.89. The number of hydrogen-bond donors (Lipinski definition) is 1. The molecule has 1 aromatic carbocycles. The van der Waals surface area contributed by atoms with Crippen LogP contribution in [0.1, 0.15) is 29.5 Å². The average Bonchev–Trinajstić information content (AvgIpc) is 2.37. The number of piperidine rings is 1. The van der Waals surface area contributed by atoms with Crippen LogP contribution in [0, 0.1) is 19.7 Å². The van der Waals surface area contributed by atoms with E-state index >= 15 is 0 Å². The van der Waals surface area contributed by atoms with Crippen molar-refractivity contribution in [3.63, 3.8) is 0 Å². The van der Waals surface area contributed by atoms with Crippen LogP contribution in [0.4, 0.5) is 4.39 Å². The van der Waals surface area contributed by atoms with Gasteiger partial charge in [-0.15, -0.1) is 0 Å². The fourth-order valence-corrected chi connectivity index (χ4v) is 3.59. The molecule has 2 atom stereocenters. The number of fused-ring (bicyclic) bond motifs is 2. The number of aliphatic hydroxyl groups is 1. The summed E-state index contributed by atoms with van der Waals surface area (Å²) in [6.07, 6.45) is 1.29. The Kier molecular flexibility index (Phi) is 3.35. The van der Waals surface area contributed by atoms with Crippen LogP contribution < -0.4 is 0 Å². The van der Waals surface area contributed by atoms with E-state index in [9.17, 15) is 9.50 Å². The van der Waals surface area contributed by atoms with E-state index in [1.807, 2.05) is 0 Å². The van der Waals surface area contributed by atoms with E-state index in [4.69, 9.17) is 4.74 Å². The first kappa shape index (κ1) is 14.0. The maximum Gasteiger partial charge on any atom is 0.129 e. The van der Waals surface area contributed by atoms with Crippen molar-refractivity contribution in [2.75, 3.05) is 20.3 Å². The third kappa shape index (κ3) is 2.16. The van der Waals surface area contributed by atoms with E-state index < -0.39 is 5.60 Å². The van der Waals surface area contributed by atoms with Crippen LogP contribution in [-0.2, 0) is 10.3 Å². The molecule has 3 rings (SSSR count). The molecule has 2 aliphatic heterocycles. The number of rotatable bonds is 1. The van der Waals surface area contributed by atoms with Crippen LogP contribution >= 0.6 is 0 Å². The molecule has 1 N–H and O–H groups in total. The smallest absolute Gasteiger partial charge is 0.129 e. The van der Waals surface area contributed by atoms with E-state index in [2.05, 4.69) is 11.9 Å². The lowest BCUT2D eigenvalue weighted by Crippen LogP contribution is -2.59. The van der Waals surface area contributed by atoms with Gasteiger partial charge in [0.15, 0.2) is 0 Å². The molecule has 4 heteroatoms. The Bertz CT molecular complexity index is 494. The molecule has 2 aliphatic rings. The summed E-state index contributed by atoms with van der Waals surface area (Å²) in [4.78, 5) is 2.31. The number of hydrogen-bond acceptors (Lipinski definition) is 3. The molecule has 1 aromatic rings. The van der Waals surface area contributed by atoms with Gasteiger partial charge < -0.3 is 9.84 Å². The fraction of sp³-hybridized carbons (Fsp3) is 0.625. The highest BCUT2D eigenvalue weighted by molar-refractivity contribution is 5.35. The lowest BCUT2D eigenvalue weighted by atomic mass is 9.76. The quantitative estimate of drug-likeness (QED) is 0.855. The number of likely N-dealkylation sites (N-methyl/N-ethyl adjacent to an activating group) is 1. The van der Waals surface area contributed by atoms with Gasteiger partial charge in [0.05, 0.1) is 18.8 Å². The van der Waals surface area contributed by atoms with Crippen LogP contribution in [-0.4, -0.2) is 42.4 Å². The first-order chi connectivity index (χ1) is 9.40. The number of halogens is 1. The van der Waals surface area contributed by atoms with Gasteiger partial charge in [-0.2, -0.15) is 0 Å². The molecule has 110 valence electrons. The largest absolute Gasteiger partial charge is 0.385 e. The van der Waals surface area contributed by atoms with Gasteiger partial charge in [0.2, 0.25) is 0 Å². The zero-order valence-electron chi connectivity index (χ0n) is 12.3. The third-order valence-corrected chi connectivity index (χ3v) is 4.89. The highest BCUT2D eigenvalue weighted by Gasteiger charge is 2.45. The second kappa shape index (κ2) is 4.79. The summed E-state index contributed by atoms with van der Waals surface area (Å²) in [5.41, 5.74) is 1.19. The average molecular weight is 279 g/mol. The lowest BCUT2D eigenvalue weighted by molar-refractivity contribution is -0.137. The minimum absolute atomic E-state index is 0.172. The van der Waals surface area contributed by atoms with Crippen molar-refractivity contribution >= 4 is 0 Å². The molecule has 0 aromatic heterocycles. The second-order valence-electron chi connectivity index (χ2n) is 6.37. The predicted octanol–water partition coefficient (Wildman–Crippen LogP) is 2.12. The van der Waals surface area contributed by atoms with Crippen molar-refractivity contribution in [2.45, 2.75) is 44.4 Å². The highest BCUT2D eigenvalue weighted by Crippen LogP contribution is 2.41. The van der Waals surface area contributed by atoms with Crippen molar-refractivity contribution in [3.8, 4) is 0 Å². The molecular weight excluding hydrogens is 257 g/mol. The second-order valence-corrected chi connectivity index (χ2v) is 6.37. The maximum atomic E-state index is 13.8. The highest BCUT2D eigenvalue weighted by atomic mass is 19.1. The normalized spacial score (nSPS) is 34.2. The van der Waals surface area contributed by atoms with Gasteiger partial charge in [0, 0.05) is 12.1 Å². The summed E-state index contributed by atoms with van der Waals surface area (Å²) in [5, 5.41) is 11.1. The van der Waals surface area contributed by atoms with Gasteiger partial charge in [-0.25, -0.2) is 4.39 Å². The molecule has 0 saturated carbocycles. The number of ether oxygens (including phenoxy) is 1. The number of nitrogens with zero attached hydrogens (tertiary/aromatic N) is 1. The van der Waals surface area contributed by atoms with Crippen molar-refractivity contribution in [1.29, 1.82) is 0 Å². The Labute approximate surface area is 119 Å². The van der Waals surface area contributed by atoms with Crippen LogP contribution in [0.25, 0.3) is 0 Å². The van der Waals surface area contributed by atoms with Crippen LogP contribution in [0.3, 0.4) is 0 Å². The maximum absolute atomic E-state index is 13.8. The summed E-state index contributed by atoms with van der Waals surface area (Å²) in [7, 11) is 2.10. The Morgan fingerprint density at radius 3 is 2.20 bits per heavy atom. The lowest BCUT2D eigenvalue weighted by Gasteiger charge is -2.50. The van der Waals surface area contributed by atoms with Crippen molar-refractivity contribution in [3.05, 3.63) is 34.6 Å². The first-order valence-corrected chi connectivity index (χ1v) is 7.20. The first-order valence-electron chi connectivity index (χ1n) is 7.20. The number of benzene rings is 1. The van der Waals surface area contributed by atoms with Crippen molar-refractivity contribution in [1.82, 2.24) is 4.90 Å². The molecule has 0 spiro atoms. The molecule has 2 unspecified atom stereocenters. The van der Waals surface area contributed by atoms with E-state index in [-0.39, 0.29) is 17.9 Å². The summed E-state index contributed by atoms with van der Waals surface area (Å²) >= 11 is 0. The topological polar surface area (TPSA) is 32.7 Å². The molecule has 0 amide bonds. The minimum atomic E-state index is -0.866. The molecule has 3 nitrogen and oxygen atoms in total. The molecule has 2 heterocycles. The standard InChI is InChI=1S/C16H22FNO2/c1-10-4-12(5-11(2)15(10)17)16(19)6-13-8-20-9-14(7-16)18(13)3/h4-5,13-14,19H,6-9H2,1-3H3. The Balaban J connectivity index is 1.97. The zero-order chi connectivity index (χ0) is 14.5. The van der Waals surface area contributed by atoms with Gasteiger partial charge in [-0.3, -0.25) is 4.90 Å². The number of morpholine rings is 1. The number of aryl methyl sites for hydroxylation is 2. The van der Waals surface area contributed by atoms with E-state index in [0.29, 0.717) is 37.2 Å². The van der Waals surface area contributed by atoms with E-state index in [0.717, 1.165) is 5.56 Å². The Morgan fingerprint density at radius 2 is 1.70 bits per heavy atom. The molecule has 2 bridgehead atoms. The minimum Gasteiger partial charge on any atom is -0.385 e. The summed E-state index contributed by atoms with van der Waals surface area (Å²) in [6.45, 7) is 4.84. The monoisotopic (exact) mass is 279 g/mol. The van der Waals surface area contributed by atoms with Crippen LogP contribution in [0.5, 0.6) is 0 Å². The molecule has 0 radical (unpaired) electrons. The molecule has 2 saturated heterocycles. The van der Waals surface area contributed by atoms with Crippen molar-refractivity contribution in [2.24, 2.45) is 0 Å². The predicted molar refractivity (Wildman–Crippen MR) is 75.2 cm³/mol. The Hall–Kier alpha value is -0.970. The molecule has 2 fully saturated rings. The summed E-state index contributed by atoms with van der Waals surface area (Å²) in [5.74, 6) is -0.172. The Morgan fingerprint density at radius 1 is 1.20 bits per heavy atom. The van der Waals surface area contributed by atoms with E-state index in [1.54, 1.807) is 26.0 Å². The van der Waals surface area contributed by atoms with Gasteiger partial charge in [0.1, 0.15) is 5.82 Å². The fourth-order valence-electron chi connectivity index (χ4n) is 3.59. The summed E-state index contributed by atoms with van der Waals surface area (Å²) < 4.78 is 19.4. The van der Waals surface area contributed by atoms with Gasteiger partial charge in [0.25, 0.3) is 0 Å². The molecular formula is C16H22FNO2. The summed E-state index contributed by atoms with van der Waals surface area (Å²) in [6, 6.07) is 4.06.